The molecule has 0 rings (SSSR count). The second-order valence-corrected chi connectivity index (χ2v) is 13.3. The first-order valence-corrected chi connectivity index (χ1v) is 15.8. The summed E-state index contributed by atoms with van der Waals surface area (Å²) >= 11 is 1.38. The number of rotatable bonds is 18. The van der Waals surface area contributed by atoms with Crippen molar-refractivity contribution in [2.24, 2.45) is 0 Å². The maximum absolute atomic E-state index is 10.4. The van der Waals surface area contributed by atoms with Gasteiger partial charge in [0.1, 0.15) is 0 Å². The predicted octanol–water partition coefficient (Wildman–Crippen LogP) is -1.67. The summed E-state index contributed by atoms with van der Waals surface area (Å²) in [6, 6.07) is 0. The lowest BCUT2D eigenvalue weighted by atomic mass is 10.4. The first-order valence-electron chi connectivity index (χ1n) is 9.35. The molecule has 17 heteroatoms. The Morgan fingerprint density at radius 3 is 1.13 bits per heavy atom. The lowest BCUT2D eigenvalue weighted by molar-refractivity contribution is 0.394. The molecule has 0 amide bonds. The van der Waals surface area contributed by atoms with Crippen molar-refractivity contribution in [1.29, 1.82) is 0 Å². The molecule has 13 nitrogen and oxygen atoms in total. The molecule has 0 spiro atoms. The van der Waals surface area contributed by atoms with Gasteiger partial charge in [-0.2, -0.15) is 0 Å². The normalized spacial score (nSPS) is 10.8. The van der Waals surface area contributed by atoms with Crippen molar-refractivity contribution in [1.82, 2.24) is 21.3 Å². The molecule has 0 aliphatic rings. The van der Waals surface area contributed by atoms with Crippen LogP contribution in [-0.4, -0.2) is 99.9 Å². The van der Waals surface area contributed by atoms with Gasteiger partial charge in [-0.25, -0.2) is 9.13 Å². The van der Waals surface area contributed by atoms with Crippen LogP contribution in [0.2, 0.25) is 0 Å². The summed E-state index contributed by atoms with van der Waals surface area (Å²) in [4.78, 5) is 34.1. The fourth-order valence-electron chi connectivity index (χ4n) is 1.75. The topological polar surface area (TPSA) is 258 Å². The molecule has 14 N–H and O–H groups in total. The number of nitrogens with one attached hydrogen (secondary N) is 4. The van der Waals surface area contributed by atoms with Gasteiger partial charge in [-0.15, -0.1) is 0 Å². The van der Waals surface area contributed by atoms with Gasteiger partial charge in [-0.05, 0) is 74.9 Å². The highest BCUT2D eigenvalue weighted by Crippen LogP contribution is 2.50. The average molecular weight is 539 g/mol. The van der Waals surface area contributed by atoms with Crippen LogP contribution < -0.4 is 21.3 Å². The van der Waals surface area contributed by atoms with Crippen LogP contribution in [0, 0.1) is 0 Å². The maximum Gasteiger partial charge on any atom is 0.384 e. The first-order chi connectivity index (χ1) is 13.1. The second-order valence-electron chi connectivity index (χ2n) is 5.56. The molecule has 0 bridgehead atoms. The van der Waals surface area contributed by atoms with Crippen molar-refractivity contribution in [3.63, 3.8) is 0 Å². The van der Waals surface area contributed by atoms with E-state index in [-0.39, 0.29) is 16.4 Å². The molecule has 196 valence electrons. The van der Waals surface area contributed by atoms with Gasteiger partial charge in [0, 0.05) is 24.6 Å². The Balaban J connectivity index is -0.000000133. The van der Waals surface area contributed by atoms with Crippen LogP contribution in [0.15, 0.2) is 0 Å². The minimum Gasteiger partial charge on any atom is -0.412 e. The van der Waals surface area contributed by atoms with Gasteiger partial charge in [0.25, 0.3) is 0 Å². The van der Waals surface area contributed by atoms with E-state index in [2.05, 4.69) is 35.1 Å². The van der Waals surface area contributed by atoms with Crippen LogP contribution in [0.4, 0.5) is 0 Å². The lowest BCUT2D eigenvalue weighted by Gasteiger charge is -2.05. The molecule has 0 aromatic heterocycles. The van der Waals surface area contributed by atoms with Crippen LogP contribution in [0.25, 0.3) is 0 Å². The summed E-state index contributed by atoms with van der Waals surface area (Å²) < 4.78 is 20.8. The van der Waals surface area contributed by atoms with Crippen LogP contribution >= 0.6 is 36.4 Å². The zero-order valence-corrected chi connectivity index (χ0v) is 21.7. The second kappa shape index (κ2) is 28.8. The maximum atomic E-state index is 10.4. The van der Waals surface area contributed by atoms with Crippen molar-refractivity contribution >= 4 is 36.4 Å². The first kappa shape index (κ1) is 41.9. The van der Waals surface area contributed by atoms with Gasteiger partial charge in [0.05, 0.1) is 0 Å². The minimum absolute atomic E-state index is 0. The van der Waals surface area contributed by atoms with Crippen molar-refractivity contribution < 1.29 is 45.1 Å². The van der Waals surface area contributed by atoms with Crippen LogP contribution in [0.5, 0.6) is 0 Å². The summed E-state index contributed by atoms with van der Waals surface area (Å²) in [6.07, 6.45) is 2.07. The fraction of sp³-hybridized carbons (Fsp3) is 1.00. The molecule has 0 aromatic rings. The molecule has 0 saturated carbocycles. The van der Waals surface area contributed by atoms with Crippen molar-refractivity contribution in [3.05, 3.63) is 0 Å². The highest BCUT2D eigenvalue weighted by atomic mass is 32.7. The van der Waals surface area contributed by atoms with E-state index in [0.717, 1.165) is 52.1 Å². The SMILES string of the molecule is CCNCCCNCCSP(=O)(O)O.CCNCCCNCCSP(=O)(O)O.O.O.O. The molecule has 0 atom stereocenters. The molecule has 0 aliphatic heterocycles. The third-order valence-electron chi connectivity index (χ3n) is 2.99. The Kier molecular flexibility index (Phi) is 38.9. The van der Waals surface area contributed by atoms with E-state index >= 15 is 0 Å². The van der Waals surface area contributed by atoms with Gasteiger partial charge in [-0.3, -0.25) is 0 Å². The van der Waals surface area contributed by atoms with Crippen LogP contribution in [-0.2, 0) is 9.13 Å². The number of hydrogen-bond acceptors (Lipinski definition) is 8. The summed E-state index contributed by atoms with van der Waals surface area (Å²) in [7, 11) is 0. The quantitative estimate of drug-likeness (QED) is 0.0719. The van der Waals surface area contributed by atoms with Gasteiger partial charge in [0.15, 0.2) is 0 Å². The summed E-state index contributed by atoms with van der Waals surface area (Å²) in [5.74, 6) is 0.900. The number of hydrogen-bond donors (Lipinski definition) is 8. The van der Waals surface area contributed by atoms with Crippen molar-refractivity contribution in [3.8, 4) is 0 Å². The van der Waals surface area contributed by atoms with E-state index < -0.39 is 13.6 Å². The van der Waals surface area contributed by atoms with Gasteiger partial charge in [0.2, 0.25) is 0 Å². The van der Waals surface area contributed by atoms with Gasteiger partial charge < -0.3 is 57.3 Å². The van der Waals surface area contributed by atoms with Crippen LogP contribution in [0.3, 0.4) is 0 Å². The van der Waals surface area contributed by atoms with Crippen LogP contribution in [0.1, 0.15) is 26.7 Å². The molecule has 0 fully saturated rings. The molecular weight excluding hydrogens is 494 g/mol. The smallest absolute Gasteiger partial charge is 0.384 e. The van der Waals surface area contributed by atoms with E-state index in [4.69, 9.17) is 19.6 Å². The highest BCUT2D eigenvalue weighted by Gasteiger charge is 2.12. The molecule has 0 radical (unpaired) electrons. The van der Waals surface area contributed by atoms with Gasteiger partial charge in [-0.1, -0.05) is 13.8 Å². The molecular formula is C14H44N4O9P2S2. The summed E-state index contributed by atoms with van der Waals surface area (Å²) in [5, 5.41) is 12.6. The molecule has 0 heterocycles. The van der Waals surface area contributed by atoms with E-state index in [9.17, 15) is 9.13 Å². The largest absolute Gasteiger partial charge is 0.412 e. The fourth-order valence-corrected chi connectivity index (χ4v) is 4.68. The molecule has 0 saturated heterocycles. The Bertz CT molecular complexity index is 397. The predicted molar refractivity (Wildman–Crippen MR) is 132 cm³/mol. The third-order valence-corrected chi connectivity index (χ3v) is 7.55. The Hall–Kier alpha value is 0.720. The zero-order chi connectivity index (χ0) is 21.7. The third kappa shape index (κ3) is 49.1. The van der Waals surface area contributed by atoms with Crippen molar-refractivity contribution in [2.45, 2.75) is 26.7 Å². The van der Waals surface area contributed by atoms with E-state index in [1.54, 1.807) is 0 Å². The summed E-state index contributed by atoms with van der Waals surface area (Å²) in [5.41, 5.74) is 0. The highest BCUT2D eigenvalue weighted by molar-refractivity contribution is 8.54. The standard InChI is InChI=1S/2C7H19N2O3PS.3H2O/c2*1-2-8-4-3-5-9-6-7-14-13(10,11)12;;;/h2*8-9H,2-7H2,1H3,(H2,10,11,12);3*1H2. The van der Waals surface area contributed by atoms with Gasteiger partial charge >= 0.3 is 13.6 Å². The Labute approximate surface area is 193 Å². The molecule has 0 aromatic carbocycles. The van der Waals surface area contributed by atoms with E-state index in [0.29, 0.717) is 47.4 Å². The average Bonchev–Trinajstić information content (AvgIpc) is 2.58. The summed E-state index contributed by atoms with van der Waals surface area (Å²) in [6.45, 7) is 3.36. The molecule has 31 heavy (non-hydrogen) atoms. The lowest BCUT2D eigenvalue weighted by Crippen LogP contribution is -2.23. The molecule has 0 aliphatic carbocycles. The Morgan fingerprint density at radius 2 is 0.871 bits per heavy atom. The molecule has 0 unspecified atom stereocenters. The van der Waals surface area contributed by atoms with E-state index in [1.807, 2.05) is 0 Å². The zero-order valence-electron chi connectivity index (χ0n) is 18.3. The van der Waals surface area contributed by atoms with E-state index in [1.165, 1.54) is 0 Å². The monoisotopic (exact) mass is 538 g/mol. The minimum atomic E-state index is -3.87. The van der Waals surface area contributed by atoms with Crippen molar-refractivity contribution in [2.75, 3.05) is 63.9 Å². The Morgan fingerprint density at radius 1 is 0.581 bits per heavy atom.